The topological polar surface area (TPSA) is 58.3 Å². The highest BCUT2D eigenvalue weighted by molar-refractivity contribution is 7.09. The average molecular weight is 328 g/mol. The smallest absolute Gasteiger partial charge is 0.136 e. The van der Waals surface area contributed by atoms with Crippen LogP contribution in [-0.2, 0) is 12.1 Å². The standard InChI is InChI=1S/C18H20N2O2S/c1-13-8-9-16(22-13)18(2,21)12-19-10-17-20-15(11-23-17)14-6-4-3-5-7-14/h3-9,11,19,21H,10,12H2,1-2H3. The number of furan rings is 1. The van der Waals surface area contributed by atoms with E-state index in [4.69, 9.17) is 4.42 Å². The van der Waals surface area contributed by atoms with Crippen LogP contribution >= 0.6 is 11.3 Å². The summed E-state index contributed by atoms with van der Waals surface area (Å²) >= 11 is 1.62. The number of hydrogen-bond donors (Lipinski definition) is 2. The Bertz CT molecular complexity index is 762. The molecule has 0 bridgehead atoms. The van der Waals surface area contributed by atoms with Gasteiger partial charge in [0.1, 0.15) is 22.1 Å². The first-order valence-corrected chi connectivity index (χ1v) is 8.42. The molecule has 1 atom stereocenters. The maximum Gasteiger partial charge on any atom is 0.136 e. The van der Waals surface area contributed by atoms with Crippen molar-refractivity contribution in [3.8, 4) is 11.3 Å². The van der Waals surface area contributed by atoms with Gasteiger partial charge in [0.15, 0.2) is 0 Å². The molecule has 0 saturated carbocycles. The zero-order valence-electron chi connectivity index (χ0n) is 13.2. The molecule has 0 aliphatic rings. The van der Waals surface area contributed by atoms with Gasteiger partial charge >= 0.3 is 0 Å². The largest absolute Gasteiger partial charge is 0.463 e. The van der Waals surface area contributed by atoms with Gasteiger partial charge < -0.3 is 14.8 Å². The van der Waals surface area contributed by atoms with E-state index < -0.39 is 5.60 Å². The molecule has 4 nitrogen and oxygen atoms in total. The van der Waals surface area contributed by atoms with Gasteiger partial charge in [-0.05, 0) is 26.0 Å². The minimum absolute atomic E-state index is 0.403. The van der Waals surface area contributed by atoms with Crippen molar-refractivity contribution in [2.24, 2.45) is 0 Å². The number of aromatic nitrogens is 1. The van der Waals surface area contributed by atoms with Gasteiger partial charge in [0.25, 0.3) is 0 Å². The third-order valence-corrected chi connectivity index (χ3v) is 4.49. The van der Waals surface area contributed by atoms with Gasteiger partial charge in [0, 0.05) is 24.0 Å². The Morgan fingerprint density at radius 3 is 2.70 bits per heavy atom. The maximum absolute atomic E-state index is 10.5. The van der Waals surface area contributed by atoms with Crippen LogP contribution in [-0.4, -0.2) is 16.6 Å². The number of thiazole rings is 1. The fourth-order valence-electron chi connectivity index (χ4n) is 2.36. The molecular formula is C18H20N2O2S. The van der Waals surface area contributed by atoms with Crippen LogP contribution < -0.4 is 5.32 Å². The summed E-state index contributed by atoms with van der Waals surface area (Å²) in [5.74, 6) is 1.37. The van der Waals surface area contributed by atoms with E-state index in [2.05, 4.69) is 27.8 Å². The molecule has 0 amide bonds. The molecule has 0 aliphatic heterocycles. The lowest BCUT2D eigenvalue weighted by molar-refractivity contribution is 0.0333. The molecule has 0 saturated heterocycles. The molecule has 0 fully saturated rings. The first-order valence-electron chi connectivity index (χ1n) is 7.54. The third kappa shape index (κ3) is 3.88. The number of nitrogens with one attached hydrogen (secondary N) is 1. The Morgan fingerprint density at radius 1 is 1.22 bits per heavy atom. The lowest BCUT2D eigenvalue weighted by atomic mass is 10.0. The minimum atomic E-state index is -1.03. The molecule has 1 aromatic carbocycles. The lowest BCUT2D eigenvalue weighted by Crippen LogP contribution is -2.34. The first-order chi connectivity index (χ1) is 11.0. The van der Waals surface area contributed by atoms with E-state index in [9.17, 15) is 5.11 Å². The highest BCUT2D eigenvalue weighted by atomic mass is 32.1. The second-order valence-electron chi connectivity index (χ2n) is 5.78. The van der Waals surface area contributed by atoms with Crippen LogP contribution in [0.1, 0.15) is 23.5 Å². The fourth-order valence-corrected chi connectivity index (χ4v) is 3.13. The lowest BCUT2D eigenvalue weighted by Gasteiger charge is -2.21. The quantitative estimate of drug-likeness (QED) is 0.724. The van der Waals surface area contributed by atoms with Crippen LogP contribution in [0.5, 0.6) is 0 Å². The Hall–Kier alpha value is -1.95. The highest BCUT2D eigenvalue weighted by Crippen LogP contribution is 2.23. The van der Waals surface area contributed by atoms with Crippen molar-refractivity contribution in [2.75, 3.05) is 6.54 Å². The predicted molar refractivity (Wildman–Crippen MR) is 92.3 cm³/mol. The van der Waals surface area contributed by atoms with E-state index in [1.807, 2.05) is 37.3 Å². The van der Waals surface area contributed by atoms with Crippen molar-refractivity contribution in [3.05, 3.63) is 64.4 Å². The zero-order chi connectivity index (χ0) is 16.3. The van der Waals surface area contributed by atoms with Gasteiger partial charge in [-0.2, -0.15) is 0 Å². The number of aliphatic hydroxyl groups is 1. The second-order valence-corrected chi connectivity index (χ2v) is 6.72. The fraction of sp³-hybridized carbons (Fsp3) is 0.278. The van der Waals surface area contributed by atoms with Gasteiger partial charge in [-0.15, -0.1) is 11.3 Å². The minimum Gasteiger partial charge on any atom is -0.463 e. The van der Waals surface area contributed by atoms with Crippen molar-refractivity contribution >= 4 is 11.3 Å². The summed E-state index contributed by atoms with van der Waals surface area (Å²) in [6.07, 6.45) is 0. The van der Waals surface area contributed by atoms with Crippen molar-refractivity contribution in [1.29, 1.82) is 0 Å². The molecule has 2 heterocycles. The SMILES string of the molecule is Cc1ccc(C(C)(O)CNCc2nc(-c3ccccc3)cs2)o1. The monoisotopic (exact) mass is 328 g/mol. The maximum atomic E-state index is 10.5. The normalized spacial score (nSPS) is 13.9. The van der Waals surface area contributed by atoms with Crippen LogP contribution in [0.4, 0.5) is 0 Å². The Morgan fingerprint density at radius 2 is 2.00 bits per heavy atom. The number of rotatable bonds is 6. The predicted octanol–water partition coefficient (Wildman–Crippen LogP) is 3.71. The zero-order valence-corrected chi connectivity index (χ0v) is 14.1. The van der Waals surface area contributed by atoms with Crippen LogP contribution in [0, 0.1) is 6.92 Å². The first kappa shape index (κ1) is 15.9. The summed E-state index contributed by atoms with van der Waals surface area (Å²) in [7, 11) is 0. The Balaban J connectivity index is 1.58. The summed E-state index contributed by atoms with van der Waals surface area (Å²) in [6, 6.07) is 13.8. The summed E-state index contributed by atoms with van der Waals surface area (Å²) in [4.78, 5) is 4.63. The number of nitrogens with zero attached hydrogens (tertiary/aromatic N) is 1. The molecule has 3 aromatic rings. The summed E-state index contributed by atoms with van der Waals surface area (Å²) in [5, 5.41) is 16.8. The van der Waals surface area contributed by atoms with Crippen molar-refractivity contribution in [3.63, 3.8) is 0 Å². The number of benzene rings is 1. The van der Waals surface area contributed by atoms with E-state index in [1.165, 1.54) is 0 Å². The molecule has 0 spiro atoms. The van der Waals surface area contributed by atoms with Crippen LogP contribution in [0.25, 0.3) is 11.3 Å². The van der Waals surface area contributed by atoms with Crippen molar-refractivity contribution < 1.29 is 9.52 Å². The van der Waals surface area contributed by atoms with Gasteiger partial charge in [0.2, 0.25) is 0 Å². The number of aryl methyl sites for hydroxylation is 1. The number of hydrogen-bond acceptors (Lipinski definition) is 5. The average Bonchev–Trinajstić information content (AvgIpc) is 3.17. The molecule has 2 N–H and O–H groups in total. The summed E-state index contributed by atoms with van der Waals surface area (Å²) in [5.41, 5.74) is 1.07. The molecule has 0 radical (unpaired) electrons. The van der Waals surface area contributed by atoms with Crippen LogP contribution in [0.3, 0.4) is 0 Å². The van der Waals surface area contributed by atoms with E-state index in [0.717, 1.165) is 22.0 Å². The van der Waals surface area contributed by atoms with Gasteiger partial charge in [-0.1, -0.05) is 30.3 Å². The summed E-state index contributed by atoms with van der Waals surface area (Å²) < 4.78 is 5.51. The Labute approximate surface area is 139 Å². The Kier molecular flexibility index (Phi) is 4.61. The van der Waals surface area contributed by atoms with Crippen molar-refractivity contribution in [1.82, 2.24) is 10.3 Å². The van der Waals surface area contributed by atoms with E-state index in [-0.39, 0.29) is 0 Å². The van der Waals surface area contributed by atoms with Crippen molar-refractivity contribution in [2.45, 2.75) is 26.0 Å². The third-order valence-electron chi connectivity index (χ3n) is 3.64. The molecule has 23 heavy (non-hydrogen) atoms. The summed E-state index contributed by atoms with van der Waals surface area (Å²) in [6.45, 7) is 4.64. The van der Waals surface area contributed by atoms with E-state index in [1.54, 1.807) is 18.3 Å². The molecule has 120 valence electrons. The molecule has 1 unspecified atom stereocenters. The van der Waals surface area contributed by atoms with Gasteiger partial charge in [-0.3, -0.25) is 0 Å². The van der Waals surface area contributed by atoms with Gasteiger partial charge in [-0.25, -0.2) is 4.98 Å². The molecule has 3 rings (SSSR count). The van der Waals surface area contributed by atoms with Crippen LogP contribution in [0.15, 0.2) is 52.3 Å². The van der Waals surface area contributed by atoms with Gasteiger partial charge in [0.05, 0.1) is 5.69 Å². The highest BCUT2D eigenvalue weighted by Gasteiger charge is 2.26. The van der Waals surface area contributed by atoms with E-state index in [0.29, 0.717) is 18.8 Å². The molecule has 2 aromatic heterocycles. The molecule has 5 heteroatoms. The second kappa shape index (κ2) is 6.66. The molecular weight excluding hydrogens is 308 g/mol. The van der Waals surface area contributed by atoms with Crippen LogP contribution in [0.2, 0.25) is 0 Å². The molecule has 0 aliphatic carbocycles. The van der Waals surface area contributed by atoms with E-state index >= 15 is 0 Å².